The molecule has 0 aromatic heterocycles. The summed E-state index contributed by atoms with van der Waals surface area (Å²) in [5.41, 5.74) is 0.920. The number of halogens is 3. The Morgan fingerprint density at radius 1 is 1.05 bits per heavy atom. The van der Waals surface area contributed by atoms with E-state index in [0.29, 0.717) is 16.7 Å². The predicted octanol–water partition coefficient (Wildman–Crippen LogP) is 4.04. The number of hydrogen-bond acceptors (Lipinski definition) is 1. The van der Waals surface area contributed by atoms with E-state index in [2.05, 4.69) is 5.32 Å². The second-order valence-electron chi connectivity index (χ2n) is 4.69. The highest BCUT2D eigenvalue weighted by molar-refractivity contribution is 5.95. The molecule has 5 heteroatoms. The third-order valence-electron chi connectivity index (χ3n) is 3.23. The molecule has 0 unspecified atom stereocenters. The van der Waals surface area contributed by atoms with Gasteiger partial charge in [0.2, 0.25) is 0 Å². The van der Waals surface area contributed by atoms with Crippen LogP contribution in [-0.4, -0.2) is 13.0 Å². The molecule has 0 bridgehead atoms. The zero-order valence-corrected chi connectivity index (χ0v) is 11.6. The van der Waals surface area contributed by atoms with Gasteiger partial charge in [-0.2, -0.15) is 13.2 Å². The van der Waals surface area contributed by atoms with Crippen LogP contribution in [0.5, 0.6) is 0 Å². The molecule has 0 fully saturated rings. The lowest BCUT2D eigenvalue weighted by molar-refractivity contribution is -0.138. The van der Waals surface area contributed by atoms with Crippen molar-refractivity contribution in [2.45, 2.75) is 13.1 Å². The maximum absolute atomic E-state index is 12.9. The third-order valence-corrected chi connectivity index (χ3v) is 3.23. The molecule has 21 heavy (non-hydrogen) atoms. The van der Waals surface area contributed by atoms with Crippen LogP contribution in [0.15, 0.2) is 42.5 Å². The number of aryl methyl sites for hydroxylation is 1. The third kappa shape index (κ3) is 3.24. The fourth-order valence-electron chi connectivity index (χ4n) is 2.09. The van der Waals surface area contributed by atoms with E-state index in [4.69, 9.17) is 0 Å². The molecule has 0 atom stereocenters. The van der Waals surface area contributed by atoms with E-state index in [1.54, 1.807) is 30.3 Å². The molecule has 2 aromatic carbocycles. The number of nitrogens with one attached hydrogen (secondary N) is 1. The largest absolute Gasteiger partial charge is 0.416 e. The van der Waals surface area contributed by atoms with Crippen molar-refractivity contribution in [3.8, 4) is 11.1 Å². The normalized spacial score (nSPS) is 11.3. The van der Waals surface area contributed by atoms with Crippen LogP contribution in [-0.2, 0) is 6.18 Å². The molecular formula is C16H14F3NO. The number of benzene rings is 2. The van der Waals surface area contributed by atoms with E-state index in [1.807, 2.05) is 0 Å². The molecule has 2 rings (SSSR count). The second kappa shape index (κ2) is 5.60. The van der Waals surface area contributed by atoms with Gasteiger partial charge in [-0.15, -0.1) is 0 Å². The smallest absolute Gasteiger partial charge is 0.355 e. The number of amides is 1. The molecule has 0 saturated carbocycles. The van der Waals surface area contributed by atoms with E-state index in [1.165, 1.54) is 20.0 Å². The summed E-state index contributed by atoms with van der Waals surface area (Å²) >= 11 is 0. The van der Waals surface area contributed by atoms with Gasteiger partial charge in [0.05, 0.1) is 5.56 Å². The fourth-order valence-corrected chi connectivity index (χ4v) is 2.09. The highest BCUT2D eigenvalue weighted by atomic mass is 19.4. The Hall–Kier alpha value is -2.30. The van der Waals surface area contributed by atoms with E-state index in [9.17, 15) is 18.0 Å². The average Bonchev–Trinajstić information content (AvgIpc) is 2.46. The van der Waals surface area contributed by atoms with Crippen molar-refractivity contribution in [2.75, 3.05) is 7.05 Å². The van der Waals surface area contributed by atoms with Gasteiger partial charge in [-0.1, -0.05) is 24.3 Å². The molecule has 0 spiro atoms. The number of alkyl halides is 3. The molecule has 1 N–H and O–H groups in total. The standard InChI is InChI=1S/C16H14F3NO/c1-10-6-7-12(9-14(10)16(17,18)19)11-4-3-5-13(8-11)15(21)20-2/h3-9H,1-2H3,(H,20,21). The van der Waals surface area contributed by atoms with Gasteiger partial charge in [-0.3, -0.25) is 4.79 Å². The lowest BCUT2D eigenvalue weighted by atomic mass is 9.98. The topological polar surface area (TPSA) is 29.1 Å². The monoisotopic (exact) mass is 293 g/mol. The summed E-state index contributed by atoms with van der Waals surface area (Å²) in [6.45, 7) is 1.42. The summed E-state index contributed by atoms with van der Waals surface area (Å²) in [6.07, 6.45) is -4.39. The van der Waals surface area contributed by atoms with Crippen LogP contribution < -0.4 is 5.32 Å². The van der Waals surface area contributed by atoms with Crippen molar-refractivity contribution in [3.05, 3.63) is 59.2 Å². The van der Waals surface area contributed by atoms with Gasteiger partial charge in [-0.25, -0.2) is 0 Å². The molecular weight excluding hydrogens is 279 g/mol. The first kappa shape index (κ1) is 15.1. The van der Waals surface area contributed by atoms with Crippen molar-refractivity contribution in [1.82, 2.24) is 5.32 Å². The van der Waals surface area contributed by atoms with Gasteiger partial charge in [0.1, 0.15) is 0 Å². The molecule has 2 nitrogen and oxygen atoms in total. The lowest BCUT2D eigenvalue weighted by Gasteiger charge is -2.12. The summed E-state index contributed by atoms with van der Waals surface area (Å²) in [4.78, 5) is 11.6. The number of carbonyl (C=O) groups is 1. The van der Waals surface area contributed by atoms with Crippen molar-refractivity contribution < 1.29 is 18.0 Å². The maximum atomic E-state index is 12.9. The first-order valence-corrected chi connectivity index (χ1v) is 6.33. The molecule has 0 radical (unpaired) electrons. The van der Waals surface area contributed by atoms with Crippen LogP contribution in [0.1, 0.15) is 21.5 Å². The molecule has 2 aromatic rings. The van der Waals surface area contributed by atoms with E-state index < -0.39 is 11.7 Å². The lowest BCUT2D eigenvalue weighted by Crippen LogP contribution is -2.17. The maximum Gasteiger partial charge on any atom is 0.416 e. The Labute approximate surface area is 120 Å². The summed E-state index contributed by atoms with van der Waals surface area (Å²) in [5, 5.41) is 2.49. The minimum atomic E-state index is -4.39. The van der Waals surface area contributed by atoms with Gasteiger partial charge in [0.25, 0.3) is 5.91 Å². The Bertz CT molecular complexity index is 677. The van der Waals surface area contributed by atoms with Gasteiger partial charge < -0.3 is 5.32 Å². The van der Waals surface area contributed by atoms with Crippen LogP contribution in [0.3, 0.4) is 0 Å². The van der Waals surface area contributed by atoms with Crippen LogP contribution in [0, 0.1) is 6.92 Å². The summed E-state index contributed by atoms with van der Waals surface area (Å²) in [7, 11) is 1.50. The summed E-state index contributed by atoms with van der Waals surface area (Å²) < 4.78 is 38.8. The first-order valence-electron chi connectivity index (χ1n) is 6.33. The molecule has 0 saturated heterocycles. The highest BCUT2D eigenvalue weighted by Crippen LogP contribution is 2.34. The Morgan fingerprint density at radius 3 is 2.33 bits per heavy atom. The van der Waals surface area contributed by atoms with Gasteiger partial charge >= 0.3 is 6.18 Å². The Morgan fingerprint density at radius 2 is 1.71 bits per heavy atom. The number of carbonyl (C=O) groups excluding carboxylic acids is 1. The van der Waals surface area contributed by atoms with Crippen LogP contribution in [0.4, 0.5) is 13.2 Å². The first-order chi connectivity index (χ1) is 9.82. The fraction of sp³-hybridized carbons (Fsp3) is 0.188. The molecule has 1 amide bonds. The van der Waals surface area contributed by atoms with Gasteiger partial charge in [0.15, 0.2) is 0 Å². The minimum Gasteiger partial charge on any atom is -0.355 e. The number of hydrogen-bond donors (Lipinski definition) is 1. The predicted molar refractivity (Wildman–Crippen MR) is 75.0 cm³/mol. The van der Waals surface area contributed by atoms with Crippen LogP contribution in [0.2, 0.25) is 0 Å². The molecule has 110 valence electrons. The zero-order valence-electron chi connectivity index (χ0n) is 11.6. The highest BCUT2D eigenvalue weighted by Gasteiger charge is 2.32. The molecule has 0 aliphatic heterocycles. The molecule has 0 aliphatic carbocycles. The minimum absolute atomic E-state index is 0.175. The van der Waals surface area contributed by atoms with Crippen molar-refractivity contribution >= 4 is 5.91 Å². The van der Waals surface area contributed by atoms with E-state index >= 15 is 0 Å². The SMILES string of the molecule is CNC(=O)c1cccc(-c2ccc(C)c(C(F)(F)F)c2)c1. The molecule has 0 heterocycles. The van der Waals surface area contributed by atoms with Crippen molar-refractivity contribution in [2.24, 2.45) is 0 Å². The van der Waals surface area contributed by atoms with Crippen molar-refractivity contribution in [3.63, 3.8) is 0 Å². The summed E-state index contributed by atoms with van der Waals surface area (Å²) in [5.74, 6) is -0.278. The average molecular weight is 293 g/mol. The van der Waals surface area contributed by atoms with Gasteiger partial charge in [-0.05, 0) is 41.8 Å². The Balaban J connectivity index is 2.50. The quantitative estimate of drug-likeness (QED) is 0.889. The van der Waals surface area contributed by atoms with Crippen LogP contribution in [0.25, 0.3) is 11.1 Å². The van der Waals surface area contributed by atoms with Crippen molar-refractivity contribution in [1.29, 1.82) is 0 Å². The van der Waals surface area contributed by atoms with E-state index in [-0.39, 0.29) is 11.5 Å². The zero-order chi connectivity index (χ0) is 15.6. The summed E-state index contributed by atoms with van der Waals surface area (Å²) in [6, 6.07) is 10.7. The molecule has 0 aliphatic rings. The number of rotatable bonds is 2. The van der Waals surface area contributed by atoms with Gasteiger partial charge in [0, 0.05) is 12.6 Å². The van der Waals surface area contributed by atoms with Crippen LogP contribution >= 0.6 is 0 Å². The van der Waals surface area contributed by atoms with E-state index in [0.717, 1.165) is 6.07 Å². The Kier molecular flexibility index (Phi) is 4.02. The second-order valence-corrected chi connectivity index (χ2v) is 4.69.